The summed E-state index contributed by atoms with van der Waals surface area (Å²) < 4.78 is 11.7. The molecule has 5 rings (SSSR count). The lowest BCUT2D eigenvalue weighted by molar-refractivity contribution is -0.128. The van der Waals surface area contributed by atoms with Gasteiger partial charge in [0.15, 0.2) is 5.16 Å². The van der Waals surface area contributed by atoms with E-state index < -0.39 is 0 Å². The van der Waals surface area contributed by atoms with Gasteiger partial charge >= 0.3 is 0 Å². The molecule has 14 heteroatoms. The van der Waals surface area contributed by atoms with Crippen molar-refractivity contribution in [3.8, 4) is 5.75 Å². The molecule has 0 unspecified atom stereocenters. The number of carbonyl (C=O) groups is 2. The van der Waals surface area contributed by atoms with Crippen LogP contribution in [-0.4, -0.2) is 65.5 Å². The van der Waals surface area contributed by atoms with Crippen molar-refractivity contribution in [2.24, 2.45) is 7.05 Å². The van der Waals surface area contributed by atoms with Gasteiger partial charge in [-0.15, -0.1) is 10.2 Å². The molecule has 4 aromatic rings. The smallest absolute Gasteiger partial charge is 0.277 e. The van der Waals surface area contributed by atoms with E-state index in [1.54, 1.807) is 17.8 Å². The lowest BCUT2D eigenvalue weighted by Gasteiger charge is -2.15. The lowest BCUT2D eigenvalue weighted by atomic mass is 10.3. The number of nitrogens with zero attached hydrogens (tertiary/aromatic N) is 7. The molecule has 1 aliphatic rings. The molecule has 0 aliphatic carbocycles. The van der Waals surface area contributed by atoms with E-state index in [2.05, 4.69) is 29.9 Å². The molecule has 11 nitrogen and oxygen atoms in total. The van der Waals surface area contributed by atoms with E-state index in [4.69, 9.17) is 4.74 Å². The van der Waals surface area contributed by atoms with Gasteiger partial charge < -0.3 is 14.2 Å². The van der Waals surface area contributed by atoms with Crippen LogP contribution in [0.5, 0.6) is 5.75 Å². The third-order valence-electron chi connectivity index (χ3n) is 5.51. The molecule has 3 aromatic heterocycles. The van der Waals surface area contributed by atoms with E-state index in [1.165, 1.54) is 23.5 Å². The Labute approximate surface area is 231 Å². The maximum absolute atomic E-state index is 13.2. The van der Waals surface area contributed by atoms with Crippen LogP contribution in [0.3, 0.4) is 0 Å². The number of ether oxygens (including phenoxy) is 1. The van der Waals surface area contributed by atoms with Gasteiger partial charge in [-0.25, -0.2) is 9.97 Å². The summed E-state index contributed by atoms with van der Waals surface area (Å²) in [6.07, 6.45) is 3.15. The number of hydrogen-bond acceptors (Lipinski definition) is 11. The van der Waals surface area contributed by atoms with Crippen molar-refractivity contribution in [1.29, 1.82) is 0 Å². The zero-order valence-corrected chi connectivity index (χ0v) is 23.1. The molecular weight excluding hydrogens is 545 g/mol. The minimum absolute atomic E-state index is 0.191. The molecule has 0 saturated carbocycles. The van der Waals surface area contributed by atoms with Crippen LogP contribution in [0.1, 0.15) is 29.2 Å². The molecule has 0 bridgehead atoms. The number of aromatic nitrogens is 6. The number of aryl methyl sites for hydroxylation is 2. The second-order valence-electron chi connectivity index (χ2n) is 8.33. The van der Waals surface area contributed by atoms with Crippen LogP contribution in [0.15, 0.2) is 62.7 Å². The number of hydrogen-bond donors (Lipinski definition) is 1. The fourth-order valence-electron chi connectivity index (χ4n) is 3.64. The van der Waals surface area contributed by atoms with Crippen LogP contribution in [0.2, 0.25) is 0 Å². The quantitative estimate of drug-likeness (QED) is 0.301. The summed E-state index contributed by atoms with van der Waals surface area (Å²) in [4.78, 5) is 37.3. The number of amides is 2. The summed E-state index contributed by atoms with van der Waals surface area (Å²) in [5.74, 6) is 1.13. The molecule has 1 fully saturated rings. The third kappa shape index (κ3) is 6.49. The second kappa shape index (κ2) is 11.9. The Morgan fingerprint density at radius 2 is 2.00 bits per heavy atom. The van der Waals surface area contributed by atoms with Gasteiger partial charge in [-0.3, -0.25) is 14.9 Å². The van der Waals surface area contributed by atoms with Gasteiger partial charge in [0, 0.05) is 41.3 Å². The van der Waals surface area contributed by atoms with Crippen LogP contribution >= 0.6 is 35.1 Å². The highest BCUT2D eigenvalue weighted by Gasteiger charge is 2.20. The molecule has 0 atom stereocenters. The van der Waals surface area contributed by atoms with Crippen molar-refractivity contribution >= 4 is 52.0 Å². The van der Waals surface area contributed by atoms with Crippen molar-refractivity contribution in [3.63, 3.8) is 0 Å². The van der Waals surface area contributed by atoms with Gasteiger partial charge in [0.05, 0.1) is 6.54 Å². The molecule has 1 N–H and O–H groups in total. The van der Waals surface area contributed by atoms with Crippen LogP contribution in [0, 0.1) is 6.92 Å². The SMILES string of the molecule is Cc1nsc(NC(=O)c2nc(Sc3nncn3C)ccc2Sc2ccc(OCCN3CCCC3=O)cc2)n1. The second-order valence-corrected chi connectivity index (χ2v) is 11.2. The highest BCUT2D eigenvalue weighted by Crippen LogP contribution is 2.34. The van der Waals surface area contributed by atoms with Crippen molar-refractivity contribution in [2.45, 2.75) is 39.7 Å². The first-order valence-corrected chi connectivity index (χ1v) is 14.2. The monoisotopic (exact) mass is 568 g/mol. The van der Waals surface area contributed by atoms with E-state index >= 15 is 0 Å². The Bertz CT molecular complexity index is 1440. The number of likely N-dealkylation sites (tertiary alicyclic amines) is 1. The fourth-order valence-corrected chi connectivity index (χ4v) is 5.85. The molecule has 4 heterocycles. The Hall–Kier alpha value is -3.49. The van der Waals surface area contributed by atoms with Crippen molar-refractivity contribution in [1.82, 2.24) is 34.0 Å². The Morgan fingerprint density at radius 1 is 1.16 bits per heavy atom. The van der Waals surface area contributed by atoms with Gasteiger partial charge in [0.2, 0.25) is 11.0 Å². The predicted molar refractivity (Wildman–Crippen MR) is 144 cm³/mol. The summed E-state index contributed by atoms with van der Waals surface area (Å²) in [5.41, 5.74) is 0.269. The first-order valence-electron chi connectivity index (χ1n) is 11.8. The minimum atomic E-state index is -0.375. The van der Waals surface area contributed by atoms with Crippen molar-refractivity contribution < 1.29 is 14.3 Å². The van der Waals surface area contributed by atoms with Gasteiger partial charge in [-0.2, -0.15) is 4.37 Å². The van der Waals surface area contributed by atoms with Crippen LogP contribution < -0.4 is 10.1 Å². The molecule has 38 heavy (non-hydrogen) atoms. The summed E-state index contributed by atoms with van der Waals surface area (Å²) in [5, 5.41) is 12.5. The van der Waals surface area contributed by atoms with E-state index in [9.17, 15) is 9.59 Å². The van der Waals surface area contributed by atoms with Gasteiger partial charge in [0.1, 0.15) is 35.2 Å². The van der Waals surface area contributed by atoms with E-state index in [-0.39, 0.29) is 17.5 Å². The molecule has 1 aliphatic heterocycles. The highest BCUT2D eigenvalue weighted by atomic mass is 32.2. The first-order chi connectivity index (χ1) is 18.4. The molecule has 2 amide bonds. The Kier molecular flexibility index (Phi) is 8.20. The number of pyridine rings is 1. The molecular formula is C24H24N8O3S3. The summed E-state index contributed by atoms with van der Waals surface area (Å²) in [6, 6.07) is 11.3. The fraction of sp³-hybridized carbons (Fsp3) is 0.292. The lowest BCUT2D eigenvalue weighted by Crippen LogP contribution is -2.29. The van der Waals surface area contributed by atoms with E-state index in [0.29, 0.717) is 45.6 Å². The molecule has 1 saturated heterocycles. The largest absolute Gasteiger partial charge is 0.492 e. The Morgan fingerprint density at radius 3 is 2.68 bits per heavy atom. The van der Waals surface area contributed by atoms with Gasteiger partial charge in [-0.1, -0.05) is 11.8 Å². The van der Waals surface area contributed by atoms with Crippen LogP contribution in [0.4, 0.5) is 5.13 Å². The van der Waals surface area contributed by atoms with Crippen molar-refractivity contribution in [3.05, 3.63) is 54.2 Å². The van der Waals surface area contributed by atoms with E-state index in [1.807, 2.05) is 48.3 Å². The normalized spacial score (nSPS) is 13.2. The zero-order chi connectivity index (χ0) is 26.5. The molecule has 0 spiro atoms. The third-order valence-corrected chi connectivity index (χ3v) is 8.28. The number of rotatable bonds is 10. The zero-order valence-electron chi connectivity index (χ0n) is 20.7. The predicted octanol–water partition coefficient (Wildman–Crippen LogP) is 3.93. The number of benzene rings is 1. The van der Waals surface area contributed by atoms with Crippen LogP contribution in [-0.2, 0) is 11.8 Å². The molecule has 0 radical (unpaired) electrons. The Balaban J connectivity index is 1.30. The molecule has 1 aromatic carbocycles. The number of nitrogens with one attached hydrogen (secondary N) is 1. The van der Waals surface area contributed by atoms with Crippen LogP contribution in [0.25, 0.3) is 0 Å². The number of carbonyl (C=O) groups excluding carboxylic acids is 2. The van der Waals surface area contributed by atoms with Crippen molar-refractivity contribution in [2.75, 3.05) is 25.0 Å². The summed E-state index contributed by atoms with van der Waals surface area (Å²) in [6.45, 7) is 3.61. The molecule has 196 valence electrons. The minimum Gasteiger partial charge on any atom is -0.492 e. The number of anilines is 1. The maximum Gasteiger partial charge on any atom is 0.277 e. The highest BCUT2D eigenvalue weighted by molar-refractivity contribution is 7.99. The topological polar surface area (TPSA) is 128 Å². The van der Waals surface area contributed by atoms with Gasteiger partial charge in [0.25, 0.3) is 5.91 Å². The summed E-state index contributed by atoms with van der Waals surface area (Å²) >= 11 is 3.86. The summed E-state index contributed by atoms with van der Waals surface area (Å²) in [7, 11) is 1.84. The maximum atomic E-state index is 13.2. The first kappa shape index (κ1) is 26.1. The van der Waals surface area contributed by atoms with E-state index in [0.717, 1.165) is 35.1 Å². The average molecular weight is 569 g/mol. The average Bonchev–Trinajstić information content (AvgIpc) is 3.63. The van der Waals surface area contributed by atoms with Gasteiger partial charge in [-0.05, 0) is 61.5 Å². The standard InChI is InChI=1S/C24H24N8O3S3/c1-15-26-23(38-30-15)28-22(34)21-18(9-10-19(27-21)37-24-29-25-14-31(24)2)36-17-7-5-16(6-8-17)35-13-12-32-11-3-4-20(32)33/h5-10,14H,3-4,11-13H2,1-2H3,(H,26,28,30,34).